The molecule has 0 aromatic heterocycles. The summed E-state index contributed by atoms with van der Waals surface area (Å²) in [5.41, 5.74) is 4.30. The van der Waals surface area contributed by atoms with E-state index < -0.39 is 0 Å². The van der Waals surface area contributed by atoms with Crippen LogP contribution in [0.2, 0.25) is 0 Å². The van der Waals surface area contributed by atoms with Gasteiger partial charge in [-0.3, -0.25) is 0 Å². The van der Waals surface area contributed by atoms with Crippen molar-refractivity contribution < 1.29 is 0 Å². The summed E-state index contributed by atoms with van der Waals surface area (Å²) in [6, 6.07) is 15.3. The number of rotatable bonds is 4. The summed E-state index contributed by atoms with van der Waals surface area (Å²) in [6.07, 6.45) is 5.17. The highest BCUT2D eigenvalue weighted by Gasteiger charge is 2.06. The van der Waals surface area contributed by atoms with Crippen molar-refractivity contribution in [3.63, 3.8) is 0 Å². The SMILES string of the molecule is CCCCCc1ccc2cccccc1-2. The van der Waals surface area contributed by atoms with Gasteiger partial charge >= 0.3 is 0 Å². The Balaban J connectivity index is 2.17. The predicted octanol–water partition coefficient (Wildman–Crippen LogP) is 4.52. The molecule has 2 aliphatic rings. The average Bonchev–Trinajstić information content (AvgIpc) is 2.50. The molecular formula is C15H18. The van der Waals surface area contributed by atoms with E-state index in [9.17, 15) is 0 Å². The first-order valence-corrected chi connectivity index (χ1v) is 5.88. The van der Waals surface area contributed by atoms with Crippen LogP contribution in [0.3, 0.4) is 0 Å². The molecule has 0 unspecified atom stereocenters. The monoisotopic (exact) mass is 198 g/mol. The molecule has 0 fully saturated rings. The summed E-state index contributed by atoms with van der Waals surface area (Å²) in [5.74, 6) is 0. The number of hydrogen-bond donors (Lipinski definition) is 0. The lowest BCUT2D eigenvalue weighted by Gasteiger charge is -2.00. The molecule has 0 spiro atoms. The highest BCUT2D eigenvalue weighted by Crippen LogP contribution is 2.27. The second-order valence-electron chi connectivity index (χ2n) is 4.10. The predicted molar refractivity (Wildman–Crippen MR) is 66.3 cm³/mol. The van der Waals surface area contributed by atoms with Crippen molar-refractivity contribution in [2.24, 2.45) is 0 Å². The first-order chi connectivity index (χ1) is 7.42. The largest absolute Gasteiger partial charge is 0.0654 e. The molecule has 0 N–H and O–H groups in total. The lowest BCUT2D eigenvalue weighted by Crippen LogP contribution is -1.84. The molecule has 2 rings (SSSR count). The number of fused-ring (bicyclic) bond motifs is 1. The van der Waals surface area contributed by atoms with Crippen LogP contribution in [-0.2, 0) is 6.42 Å². The van der Waals surface area contributed by atoms with Crippen LogP contribution in [0.4, 0.5) is 0 Å². The van der Waals surface area contributed by atoms with E-state index >= 15 is 0 Å². The van der Waals surface area contributed by atoms with Crippen LogP contribution in [0.25, 0.3) is 11.1 Å². The number of hydrogen-bond acceptors (Lipinski definition) is 0. The van der Waals surface area contributed by atoms with Crippen LogP contribution >= 0.6 is 0 Å². The van der Waals surface area contributed by atoms with Gasteiger partial charge in [-0.25, -0.2) is 0 Å². The Morgan fingerprint density at radius 2 is 1.73 bits per heavy atom. The summed E-state index contributed by atoms with van der Waals surface area (Å²) in [6.45, 7) is 2.25. The topological polar surface area (TPSA) is 0 Å². The molecular weight excluding hydrogens is 180 g/mol. The number of unbranched alkanes of at least 4 members (excludes halogenated alkanes) is 2. The zero-order valence-electron chi connectivity index (χ0n) is 9.37. The van der Waals surface area contributed by atoms with Crippen LogP contribution in [0.15, 0.2) is 42.5 Å². The molecule has 78 valence electrons. The van der Waals surface area contributed by atoms with Gasteiger partial charge in [-0.05, 0) is 29.5 Å². The van der Waals surface area contributed by atoms with Crippen molar-refractivity contribution in [2.45, 2.75) is 32.6 Å². The molecule has 0 aromatic carbocycles. The van der Waals surface area contributed by atoms with Gasteiger partial charge in [0.2, 0.25) is 0 Å². The minimum Gasteiger partial charge on any atom is -0.0654 e. The third-order valence-electron chi connectivity index (χ3n) is 2.93. The first-order valence-electron chi connectivity index (χ1n) is 5.88. The molecule has 0 aliphatic heterocycles. The van der Waals surface area contributed by atoms with Crippen LogP contribution in [0, 0.1) is 0 Å². The Morgan fingerprint density at radius 3 is 2.60 bits per heavy atom. The van der Waals surface area contributed by atoms with E-state index in [1.807, 2.05) is 0 Å². The van der Waals surface area contributed by atoms with E-state index in [0.29, 0.717) is 0 Å². The van der Waals surface area contributed by atoms with E-state index in [1.54, 1.807) is 0 Å². The molecule has 0 heterocycles. The summed E-state index contributed by atoms with van der Waals surface area (Å²) in [7, 11) is 0. The lowest BCUT2D eigenvalue weighted by molar-refractivity contribution is 0.719. The zero-order valence-corrected chi connectivity index (χ0v) is 9.37. The van der Waals surface area contributed by atoms with Gasteiger partial charge in [-0.15, -0.1) is 0 Å². The van der Waals surface area contributed by atoms with E-state index in [0.717, 1.165) is 0 Å². The summed E-state index contributed by atoms with van der Waals surface area (Å²) in [5, 5.41) is 0. The lowest BCUT2D eigenvalue weighted by atomic mass is 10.0. The summed E-state index contributed by atoms with van der Waals surface area (Å²) >= 11 is 0. The van der Waals surface area contributed by atoms with Gasteiger partial charge < -0.3 is 0 Å². The Labute approximate surface area is 92.3 Å². The number of aryl methyl sites for hydroxylation is 1. The van der Waals surface area contributed by atoms with Crippen molar-refractivity contribution in [1.82, 2.24) is 0 Å². The Morgan fingerprint density at radius 1 is 0.867 bits per heavy atom. The average molecular weight is 198 g/mol. The molecule has 0 radical (unpaired) electrons. The Bertz CT molecular complexity index is 389. The third kappa shape index (κ3) is 2.38. The second-order valence-corrected chi connectivity index (χ2v) is 4.10. The van der Waals surface area contributed by atoms with Gasteiger partial charge in [0.15, 0.2) is 0 Å². The second kappa shape index (κ2) is 4.97. The highest BCUT2D eigenvalue weighted by atomic mass is 14.1. The van der Waals surface area contributed by atoms with Crippen molar-refractivity contribution in [3.8, 4) is 11.1 Å². The van der Waals surface area contributed by atoms with Gasteiger partial charge in [0.1, 0.15) is 0 Å². The van der Waals surface area contributed by atoms with Gasteiger partial charge in [0.25, 0.3) is 0 Å². The normalized spacial score (nSPS) is 10.7. The molecule has 0 heteroatoms. The molecule has 2 aliphatic carbocycles. The van der Waals surface area contributed by atoms with Crippen molar-refractivity contribution in [2.75, 3.05) is 0 Å². The van der Waals surface area contributed by atoms with Crippen LogP contribution in [-0.4, -0.2) is 0 Å². The first kappa shape index (κ1) is 10.2. The van der Waals surface area contributed by atoms with Gasteiger partial charge in [0.05, 0.1) is 0 Å². The fraction of sp³-hybridized carbons (Fsp3) is 0.333. The van der Waals surface area contributed by atoms with Crippen LogP contribution in [0.5, 0.6) is 0 Å². The van der Waals surface area contributed by atoms with Crippen LogP contribution < -0.4 is 0 Å². The standard InChI is InChI=1S/C15H18/c1-2-3-5-8-13-11-12-14-9-6-4-7-10-15(13)14/h4,6-7,9-12H,2-3,5,8H2,1H3. The maximum absolute atomic E-state index is 2.28. The quantitative estimate of drug-likeness (QED) is 0.633. The third-order valence-corrected chi connectivity index (χ3v) is 2.93. The molecule has 0 nitrogen and oxygen atoms in total. The molecule has 0 amide bonds. The maximum atomic E-state index is 2.28. The van der Waals surface area contributed by atoms with E-state index in [2.05, 4.69) is 49.4 Å². The van der Waals surface area contributed by atoms with Crippen molar-refractivity contribution in [1.29, 1.82) is 0 Å². The van der Waals surface area contributed by atoms with E-state index in [-0.39, 0.29) is 0 Å². The Kier molecular flexibility index (Phi) is 3.39. The molecule has 0 saturated heterocycles. The van der Waals surface area contributed by atoms with E-state index in [4.69, 9.17) is 0 Å². The fourth-order valence-electron chi connectivity index (χ4n) is 2.06. The smallest absolute Gasteiger partial charge is 0.0152 e. The van der Waals surface area contributed by atoms with E-state index in [1.165, 1.54) is 42.4 Å². The van der Waals surface area contributed by atoms with Crippen molar-refractivity contribution in [3.05, 3.63) is 48.0 Å². The maximum Gasteiger partial charge on any atom is -0.0152 e. The molecule has 0 bridgehead atoms. The van der Waals surface area contributed by atoms with Gasteiger partial charge in [-0.2, -0.15) is 0 Å². The molecule has 0 saturated carbocycles. The minimum absolute atomic E-state index is 1.22. The molecule has 0 aromatic rings. The fourth-order valence-corrected chi connectivity index (χ4v) is 2.06. The zero-order chi connectivity index (χ0) is 10.5. The van der Waals surface area contributed by atoms with Crippen molar-refractivity contribution >= 4 is 0 Å². The highest BCUT2D eigenvalue weighted by molar-refractivity contribution is 5.70. The molecule has 0 atom stereocenters. The summed E-state index contributed by atoms with van der Waals surface area (Å²) < 4.78 is 0. The van der Waals surface area contributed by atoms with Gasteiger partial charge in [-0.1, -0.05) is 62.2 Å². The minimum atomic E-state index is 1.22. The van der Waals surface area contributed by atoms with Crippen LogP contribution in [0.1, 0.15) is 31.7 Å². The Hall–Kier alpha value is -1.30. The summed E-state index contributed by atoms with van der Waals surface area (Å²) in [4.78, 5) is 0. The van der Waals surface area contributed by atoms with Gasteiger partial charge in [0, 0.05) is 0 Å². The molecule has 15 heavy (non-hydrogen) atoms.